The molecule has 0 amide bonds. The van der Waals surface area contributed by atoms with Gasteiger partial charge in [0.25, 0.3) is 0 Å². The summed E-state index contributed by atoms with van der Waals surface area (Å²) in [5.41, 5.74) is 1.10. The molecule has 4 nitrogen and oxygen atoms in total. The number of hydrogen-bond donors (Lipinski definition) is 2. The molecule has 110 valence electrons. The highest BCUT2D eigenvalue weighted by Crippen LogP contribution is 2.31. The Hall–Kier alpha value is -1.26. The van der Waals surface area contributed by atoms with Crippen LogP contribution in [0.25, 0.3) is 0 Å². The van der Waals surface area contributed by atoms with Crippen LogP contribution in [0, 0.1) is 5.92 Å². The Labute approximate surface area is 120 Å². The van der Waals surface area contributed by atoms with Gasteiger partial charge in [0.15, 0.2) is 11.5 Å². The summed E-state index contributed by atoms with van der Waals surface area (Å²) in [6, 6.07) is 6.49. The van der Waals surface area contributed by atoms with Gasteiger partial charge in [-0.15, -0.1) is 0 Å². The average Bonchev–Trinajstić information content (AvgIpc) is 3.19. The molecular weight excluding hydrogens is 252 g/mol. The summed E-state index contributed by atoms with van der Waals surface area (Å²) in [7, 11) is 1.57. The first-order valence-corrected chi connectivity index (χ1v) is 7.57. The topological polar surface area (TPSA) is 44.7 Å². The first kappa shape index (κ1) is 13.7. The number of methoxy groups -OCH3 is 1. The van der Waals surface area contributed by atoms with E-state index in [4.69, 9.17) is 4.74 Å². The van der Waals surface area contributed by atoms with Gasteiger partial charge in [0, 0.05) is 19.1 Å². The van der Waals surface area contributed by atoms with Crippen LogP contribution in [-0.4, -0.2) is 42.8 Å². The number of hydrogen-bond acceptors (Lipinski definition) is 4. The van der Waals surface area contributed by atoms with Crippen molar-refractivity contribution in [3.63, 3.8) is 0 Å². The van der Waals surface area contributed by atoms with Gasteiger partial charge in [-0.2, -0.15) is 0 Å². The Morgan fingerprint density at radius 2 is 2.20 bits per heavy atom. The zero-order valence-electron chi connectivity index (χ0n) is 12.1. The van der Waals surface area contributed by atoms with Crippen LogP contribution in [0.15, 0.2) is 18.2 Å². The fourth-order valence-corrected chi connectivity index (χ4v) is 3.07. The molecule has 1 aromatic rings. The van der Waals surface area contributed by atoms with Gasteiger partial charge in [-0.25, -0.2) is 0 Å². The quantitative estimate of drug-likeness (QED) is 0.834. The first-order chi connectivity index (χ1) is 9.76. The highest BCUT2D eigenvalue weighted by Gasteiger charge is 2.33. The molecule has 1 saturated carbocycles. The monoisotopic (exact) mass is 276 g/mol. The smallest absolute Gasteiger partial charge is 0.160 e. The highest BCUT2D eigenvalue weighted by atomic mass is 16.5. The first-order valence-electron chi connectivity index (χ1n) is 7.57. The molecule has 1 saturated heterocycles. The number of rotatable bonds is 6. The van der Waals surface area contributed by atoms with Crippen molar-refractivity contribution >= 4 is 0 Å². The summed E-state index contributed by atoms with van der Waals surface area (Å²) in [6.07, 6.45) is 4.13. The molecule has 1 aromatic carbocycles. The molecule has 1 unspecified atom stereocenters. The maximum absolute atomic E-state index is 9.75. The molecule has 1 aliphatic heterocycles. The van der Waals surface area contributed by atoms with Crippen molar-refractivity contribution in [1.29, 1.82) is 0 Å². The second-order valence-electron chi connectivity index (χ2n) is 6.02. The van der Waals surface area contributed by atoms with Gasteiger partial charge in [0.05, 0.1) is 7.11 Å². The lowest BCUT2D eigenvalue weighted by molar-refractivity contribution is 0.312. The Bertz CT molecular complexity index is 460. The van der Waals surface area contributed by atoms with Crippen molar-refractivity contribution in [3.05, 3.63) is 23.8 Å². The predicted molar refractivity (Wildman–Crippen MR) is 79.1 cm³/mol. The predicted octanol–water partition coefficient (Wildman–Crippen LogP) is 1.97. The second-order valence-corrected chi connectivity index (χ2v) is 6.02. The maximum Gasteiger partial charge on any atom is 0.160 e. The van der Waals surface area contributed by atoms with Crippen LogP contribution in [0.1, 0.15) is 24.8 Å². The number of nitrogens with one attached hydrogen (secondary N) is 1. The van der Waals surface area contributed by atoms with Crippen LogP contribution >= 0.6 is 0 Å². The van der Waals surface area contributed by atoms with E-state index in [0.717, 1.165) is 30.6 Å². The van der Waals surface area contributed by atoms with Crippen LogP contribution in [0.2, 0.25) is 0 Å². The van der Waals surface area contributed by atoms with E-state index >= 15 is 0 Å². The fraction of sp³-hybridized carbons (Fsp3) is 0.625. The molecule has 3 rings (SSSR count). The molecule has 0 aromatic heterocycles. The molecule has 0 spiro atoms. The van der Waals surface area contributed by atoms with E-state index in [-0.39, 0.29) is 5.75 Å². The van der Waals surface area contributed by atoms with Crippen LogP contribution in [-0.2, 0) is 6.54 Å². The number of ether oxygens (including phenoxy) is 1. The summed E-state index contributed by atoms with van der Waals surface area (Å²) in [6.45, 7) is 4.40. The van der Waals surface area contributed by atoms with Gasteiger partial charge in [-0.1, -0.05) is 6.07 Å². The van der Waals surface area contributed by atoms with Gasteiger partial charge in [-0.3, -0.25) is 0 Å². The lowest BCUT2D eigenvalue weighted by Crippen LogP contribution is -2.27. The SMILES string of the molecule is COc1ccc(CNCC2CCN(C3CC3)C2)cc1O. The molecule has 1 heterocycles. The van der Waals surface area contributed by atoms with Crippen LogP contribution in [0.3, 0.4) is 0 Å². The minimum atomic E-state index is 0.215. The molecule has 1 aliphatic carbocycles. The normalized spacial score (nSPS) is 23.1. The molecule has 1 atom stereocenters. The van der Waals surface area contributed by atoms with Gasteiger partial charge in [0.1, 0.15) is 0 Å². The average molecular weight is 276 g/mol. The lowest BCUT2D eigenvalue weighted by atomic mass is 10.1. The molecular formula is C16H24N2O2. The summed E-state index contributed by atoms with van der Waals surface area (Å²) < 4.78 is 5.05. The molecule has 0 bridgehead atoms. The highest BCUT2D eigenvalue weighted by molar-refractivity contribution is 5.41. The van der Waals surface area contributed by atoms with E-state index in [1.807, 2.05) is 12.1 Å². The van der Waals surface area contributed by atoms with Crippen LogP contribution in [0.4, 0.5) is 0 Å². The van der Waals surface area contributed by atoms with Crippen molar-refractivity contribution in [3.8, 4) is 11.5 Å². The van der Waals surface area contributed by atoms with Crippen LogP contribution < -0.4 is 10.1 Å². The van der Waals surface area contributed by atoms with Gasteiger partial charge in [-0.05, 0) is 56.0 Å². The Morgan fingerprint density at radius 3 is 2.90 bits per heavy atom. The zero-order chi connectivity index (χ0) is 13.9. The van der Waals surface area contributed by atoms with E-state index in [1.54, 1.807) is 13.2 Å². The van der Waals surface area contributed by atoms with E-state index in [2.05, 4.69) is 10.2 Å². The summed E-state index contributed by atoms with van der Waals surface area (Å²) >= 11 is 0. The third-order valence-electron chi connectivity index (χ3n) is 4.39. The number of nitrogens with zero attached hydrogens (tertiary/aromatic N) is 1. The summed E-state index contributed by atoms with van der Waals surface area (Å²) in [5.74, 6) is 1.53. The molecule has 0 radical (unpaired) electrons. The van der Waals surface area contributed by atoms with E-state index < -0.39 is 0 Å². The van der Waals surface area contributed by atoms with Crippen molar-refractivity contribution in [1.82, 2.24) is 10.2 Å². The number of phenolic OH excluding ortho intramolecular Hbond substituents is 1. The number of likely N-dealkylation sites (tertiary alicyclic amines) is 1. The molecule has 2 fully saturated rings. The molecule has 20 heavy (non-hydrogen) atoms. The van der Waals surface area contributed by atoms with Crippen molar-refractivity contribution in [2.24, 2.45) is 5.92 Å². The minimum Gasteiger partial charge on any atom is -0.504 e. The Balaban J connectivity index is 1.42. The molecule has 2 aliphatic rings. The Kier molecular flexibility index (Phi) is 4.13. The minimum absolute atomic E-state index is 0.215. The number of benzene rings is 1. The number of phenols is 1. The van der Waals surface area contributed by atoms with E-state index in [1.165, 1.54) is 32.4 Å². The van der Waals surface area contributed by atoms with Crippen molar-refractivity contribution < 1.29 is 9.84 Å². The third kappa shape index (κ3) is 3.25. The van der Waals surface area contributed by atoms with Crippen LogP contribution in [0.5, 0.6) is 11.5 Å². The van der Waals surface area contributed by atoms with Gasteiger partial charge >= 0.3 is 0 Å². The maximum atomic E-state index is 9.75. The summed E-state index contributed by atoms with van der Waals surface area (Å²) in [5, 5.41) is 13.3. The largest absolute Gasteiger partial charge is 0.504 e. The van der Waals surface area contributed by atoms with E-state index in [9.17, 15) is 5.11 Å². The second kappa shape index (κ2) is 6.02. The zero-order valence-corrected chi connectivity index (χ0v) is 12.1. The molecule has 2 N–H and O–H groups in total. The van der Waals surface area contributed by atoms with Crippen molar-refractivity contribution in [2.75, 3.05) is 26.7 Å². The molecule has 4 heteroatoms. The standard InChI is InChI=1S/C16H24N2O2/c1-20-16-5-2-12(8-15(16)19)9-17-10-13-6-7-18(11-13)14-3-4-14/h2,5,8,13-14,17,19H,3-4,6-7,9-11H2,1H3. The third-order valence-corrected chi connectivity index (χ3v) is 4.39. The fourth-order valence-electron chi connectivity index (χ4n) is 3.07. The van der Waals surface area contributed by atoms with Crippen molar-refractivity contribution in [2.45, 2.75) is 31.8 Å². The van der Waals surface area contributed by atoms with Gasteiger partial charge < -0.3 is 20.1 Å². The summed E-state index contributed by atoms with van der Waals surface area (Å²) in [4.78, 5) is 2.64. The number of aromatic hydroxyl groups is 1. The van der Waals surface area contributed by atoms with E-state index in [0.29, 0.717) is 5.75 Å². The Morgan fingerprint density at radius 1 is 1.35 bits per heavy atom. The lowest BCUT2D eigenvalue weighted by Gasteiger charge is -2.15. The van der Waals surface area contributed by atoms with Gasteiger partial charge in [0.2, 0.25) is 0 Å².